The Morgan fingerprint density at radius 3 is 2.71 bits per heavy atom. The van der Waals surface area contributed by atoms with Crippen molar-refractivity contribution in [3.05, 3.63) is 11.3 Å². The summed E-state index contributed by atoms with van der Waals surface area (Å²) < 4.78 is 0. The van der Waals surface area contributed by atoms with Gasteiger partial charge in [-0.1, -0.05) is 6.92 Å². The molecule has 0 aliphatic heterocycles. The molecule has 0 saturated carbocycles. The minimum atomic E-state index is 0.104. The van der Waals surface area contributed by atoms with Crippen LogP contribution in [0, 0.1) is 6.92 Å². The fourth-order valence-electron chi connectivity index (χ4n) is 1.26. The van der Waals surface area contributed by atoms with Crippen molar-refractivity contribution in [3.8, 4) is 0 Å². The van der Waals surface area contributed by atoms with Gasteiger partial charge < -0.3 is 5.32 Å². The summed E-state index contributed by atoms with van der Waals surface area (Å²) in [5.41, 5.74) is 1.53. The number of nitrogens with zero attached hydrogens (tertiary/aromatic N) is 1. The molecule has 1 aromatic rings. The number of rotatable bonds is 4. The van der Waals surface area contributed by atoms with E-state index in [2.05, 4.69) is 15.5 Å². The Morgan fingerprint density at radius 2 is 2.21 bits per heavy atom. The molecule has 0 saturated heterocycles. The number of aromatic amines is 1. The normalized spacial score (nSPS) is 10.6. The Kier molecular flexibility index (Phi) is 3.28. The third kappa shape index (κ3) is 2.13. The summed E-state index contributed by atoms with van der Waals surface area (Å²) in [5.74, 6) is 0.878. The summed E-state index contributed by atoms with van der Waals surface area (Å²) in [6.45, 7) is 7.82. The minimum absolute atomic E-state index is 0.104. The first-order chi connectivity index (χ1) is 6.56. The van der Waals surface area contributed by atoms with E-state index in [4.69, 9.17) is 0 Å². The van der Waals surface area contributed by atoms with Gasteiger partial charge in [-0.2, -0.15) is 5.10 Å². The number of carbonyl (C=O) groups is 1. The van der Waals surface area contributed by atoms with Crippen LogP contribution in [0.1, 0.15) is 43.2 Å². The molecule has 14 heavy (non-hydrogen) atoms. The van der Waals surface area contributed by atoms with Crippen LogP contribution in [0.25, 0.3) is 0 Å². The molecule has 78 valence electrons. The number of nitrogens with one attached hydrogen (secondary N) is 2. The van der Waals surface area contributed by atoms with Crippen molar-refractivity contribution in [2.24, 2.45) is 0 Å². The Morgan fingerprint density at radius 1 is 1.57 bits per heavy atom. The fraction of sp³-hybridized carbons (Fsp3) is 0.600. The standard InChI is InChI=1S/C10H17N3O/c1-5-8(14)9-7(4)10(13-12-9)11-6(2)3/h6H,5H2,1-4H3,(H2,11,12,13). The quantitative estimate of drug-likeness (QED) is 0.723. The van der Waals surface area contributed by atoms with E-state index in [0.29, 0.717) is 18.2 Å². The van der Waals surface area contributed by atoms with Gasteiger partial charge in [0.25, 0.3) is 0 Å². The van der Waals surface area contributed by atoms with E-state index in [1.165, 1.54) is 0 Å². The van der Waals surface area contributed by atoms with Crippen molar-refractivity contribution >= 4 is 11.6 Å². The summed E-state index contributed by atoms with van der Waals surface area (Å²) >= 11 is 0. The summed E-state index contributed by atoms with van der Waals surface area (Å²) in [7, 11) is 0. The van der Waals surface area contributed by atoms with Crippen molar-refractivity contribution in [2.75, 3.05) is 5.32 Å². The molecule has 1 aromatic heterocycles. The van der Waals surface area contributed by atoms with Crippen molar-refractivity contribution < 1.29 is 4.79 Å². The van der Waals surface area contributed by atoms with E-state index in [1.54, 1.807) is 0 Å². The SMILES string of the molecule is CCC(=O)c1[nH]nc(NC(C)C)c1C. The molecule has 0 spiro atoms. The molecule has 0 amide bonds. The molecule has 0 bridgehead atoms. The highest BCUT2D eigenvalue weighted by molar-refractivity contribution is 5.96. The van der Waals surface area contributed by atoms with Crippen molar-refractivity contribution in [1.82, 2.24) is 10.2 Å². The van der Waals surface area contributed by atoms with Gasteiger partial charge >= 0.3 is 0 Å². The highest BCUT2D eigenvalue weighted by atomic mass is 16.1. The lowest BCUT2D eigenvalue weighted by molar-refractivity contribution is 0.0983. The third-order valence-corrected chi connectivity index (χ3v) is 2.04. The Hall–Kier alpha value is -1.32. The largest absolute Gasteiger partial charge is 0.366 e. The van der Waals surface area contributed by atoms with E-state index < -0.39 is 0 Å². The topological polar surface area (TPSA) is 57.8 Å². The lowest BCUT2D eigenvalue weighted by Crippen LogP contribution is -2.11. The predicted molar refractivity (Wildman–Crippen MR) is 56.7 cm³/mol. The summed E-state index contributed by atoms with van der Waals surface area (Å²) in [4.78, 5) is 11.4. The lowest BCUT2D eigenvalue weighted by Gasteiger charge is -2.06. The number of hydrogen-bond acceptors (Lipinski definition) is 3. The van der Waals surface area contributed by atoms with Crippen LogP contribution >= 0.6 is 0 Å². The number of carbonyl (C=O) groups excluding carboxylic acids is 1. The summed E-state index contributed by atoms with van der Waals surface area (Å²) in [6, 6.07) is 0.321. The van der Waals surface area contributed by atoms with E-state index in [0.717, 1.165) is 11.4 Å². The molecule has 0 unspecified atom stereocenters. The van der Waals surface area contributed by atoms with Crippen molar-refractivity contribution in [2.45, 2.75) is 40.2 Å². The molecule has 1 heterocycles. The number of ketones is 1. The van der Waals surface area contributed by atoms with Gasteiger partial charge in [-0.3, -0.25) is 9.89 Å². The minimum Gasteiger partial charge on any atom is -0.366 e. The second-order valence-corrected chi connectivity index (χ2v) is 3.65. The summed E-state index contributed by atoms with van der Waals surface area (Å²) in [6.07, 6.45) is 0.504. The lowest BCUT2D eigenvalue weighted by atomic mass is 10.1. The number of anilines is 1. The number of H-pyrrole nitrogens is 1. The van der Waals surface area contributed by atoms with E-state index in [9.17, 15) is 4.79 Å². The van der Waals surface area contributed by atoms with Gasteiger partial charge in [-0.15, -0.1) is 0 Å². The van der Waals surface area contributed by atoms with Crippen LogP contribution in [0.3, 0.4) is 0 Å². The van der Waals surface area contributed by atoms with Gasteiger partial charge in [0.15, 0.2) is 11.6 Å². The molecular formula is C10H17N3O. The smallest absolute Gasteiger partial charge is 0.180 e. The Labute approximate surface area is 84.1 Å². The van der Waals surface area contributed by atoms with Crippen LogP contribution in [-0.2, 0) is 0 Å². The van der Waals surface area contributed by atoms with Crippen LogP contribution in [0.4, 0.5) is 5.82 Å². The van der Waals surface area contributed by atoms with Gasteiger partial charge in [0, 0.05) is 18.0 Å². The van der Waals surface area contributed by atoms with Crippen LogP contribution in [0.2, 0.25) is 0 Å². The van der Waals surface area contributed by atoms with E-state index in [-0.39, 0.29) is 5.78 Å². The van der Waals surface area contributed by atoms with Gasteiger partial charge in [0.2, 0.25) is 0 Å². The van der Waals surface area contributed by atoms with Crippen LogP contribution in [0.5, 0.6) is 0 Å². The summed E-state index contributed by atoms with van der Waals surface area (Å²) in [5, 5.41) is 10.0. The molecule has 2 N–H and O–H groups in total. The molecule has 0 radical (unpaired) electrons. The zero-order valence-corrected chi connectivity index (χ0v) is 9.14. The van der Waals surface area contributed by atoms with Gasteiger partial charge in [-0.05, 0) is 20.8 Å². The van der Waals surface area contributed by atoms with Crippen molar-refractivity contribution in [3.63, 3.8) is 0 Å². The molecule has 0 aliphatic rings. The maximum Gasteiger partial charge on any atom is 0.180 e. The number of Topliss-reactive ketones (excluding diaryl/α,β-unsaturated/α-hetero) is 1. The maximum absolute atomic E-state index is 11.4. The van der Waals surface area contributed by atoms with E-state index >= 15 is 0 Å². The second kappa shape index (κ2) is 4.26. The zero-order valence-electron chi connectivity index (χ0n) is 9.14. The molecule has 0 atom stereocenters. The second-order valence-electron chi connectivity index (χ2n) is 3.65. The Balaban J connectivity index is 2.90. The van der Waals surface area contributed by atoms with Gasteiger partial charge in [0.1, 0.15) is 5.69 Å². The predicted octanol–water partition coefficient (Wildman–Crippen LogP) is 2.13. The average Bonchev–Trinajstić information content (AvgIpc) is 2.46. The molecule has 4 nitrogen and oxygen atoms in total. The zero-order chi connectivity index (χ0) is 10.7. The first-order valence-corrected chi connectivity index (χ1v) is 4.91. The molecule has 1 rings (SSSR count). The maximum atomic E-state index is 11.4. The third-order valence-electron chi connectivity index (χ3n) is 2.04. The van der Waals surface area contributed by atoms with Crippen LogP contribution in [-0.4, -0.2) is 22.0 Å². The molecular weight excluding hydrogens is 178 g/mol. The van der Waals surface area contributed by atoms with Gasteiger partial charge in [-0.25, -0.2) is 0 Å². The van der Waals surface area contributed by atoms with Crippen LogP contribution < -0.4 is 5.32 Å². The molecule has 0 fully saturated rings. The molecule has 0 aromatic carbocycles. The first-order valence-electron chi connectivity index (χ1n) is 4.91. The number of hydrogen-bond donors (Lipinski definition) is 2. The fourth-order valence-corrected chi connectivity index (χ4v) is 1.26. The molecule has 0 aliphatic carbocycles. The Bertz CT molecular complexity index is 328. The van der Waals surface area contributed by atoms with Gasteiger partial charge in [0.05, 0.1) is 0 Å². The first kappa shape index (κ1) is 10.8. The highest BCUT2D eigenvalue weighted by Gasteiger charge is 2.14. The molecule has 4 heteroatoms. The van der Waals surface area contributed by atoms with E-state index in [1.807, 2.05) is 27.7 Å². The van der Waals surface area contributed by atoms with Crippen LogP contribution in [0.15, 0.2) is 0 Å². The number of aromatic nitrogens is 2. The highest BCUT2D eigenvalue weighted by Crippen LogP contribution is 2.16. The van der Waals surface area contributed by atoms with Crippen molar-refractivity contribution in [1.29, 1.82) is 0 Å². The average molecular weight is 195 g/mol. The monoisotopic (exact) mass is 195 g/mol.